The van der Waals surface area contributed by atoms with Crippen molar-refractivity contribution in [2.45, 2.75) is 32.9 Å². The second-order valence-corrected chi connectivity index (χ2v) is 7.56. The van der Waals surface area contributed by atoms with Crippen molar-refractivity contribution in [3.05, 3.63) is 83.2 Å². The number of halogens is 3. The van der Waals surface area contributed by atoms with Gasteiger partial charge in [-0.2, -0.15) is 13.2 Å². The lowest BCUT2D eigenvalue weighted by molar-refractivity contribution is -0.138. The molecule has 0 bridgehead atoms. The molecule has 0 radical (unpaired) electrons. The summed E-state index contributed by atoms with van der Waals surface area (Å²) < 4.78 is 45.0. The van der Waals surface area contributed by atoms with Crippen molar-refractivity contribution in [1.29, 1.82) is 0 Å². The number of pyridine rings is 1. The van der Waals surface area contributed by atoms with Gasteiger partial charge < -0.3 is 15.8 Å². The Labute approximate surface area is 195 Å². The summed E-state index contributed by atoms with van der Waals surface area (Å²) in [5.41, 5.74) is 6.75. The van der Waals surface area contributed by atoms with Crippen LogP contribution in [0.4, 0.5) is 18.9 Å². The van der Waals surface area contributed by atoms with E-state index < -0.39 is 11.7 Å². The van der Waals surface area contributed by atoms with Crippen LogP contribution < -0.4 is 15.8 Å². The Morgan fingerprint density at radius 1 is 1.09 bits per heavy atom. The highest BCUT2D eigenvalue weighted by molar-refractivity contribution is 5.95. The number of carbonyl (C=O) groups excluding carboxylic acids is 1. The Bertz CT molecular complexity index is 1180. The Hall–Kier alpha value is -3.88. The van der Waals surface area contributed by atoms with Crippen molar-refractivity contribution >= 4 is 17.4 Å². The lowest BCUT2D eigenvalue weighted by atomic mass is 10.1. The third kappa shape index (κ3) is 6.81. The molecule has 0 aliphatic rings. The first-order valence-electron chi connectivity index (χ1n) is 10.7. The van der Waals surface area contributed by atoms with Crippen molar-refractivity contribution in [2.24, 2.45) is 10.7 Å². The number of aliphatic imine (C=N–C) groups is 1. The number of ether oxygens (including phenoxy) is 1. The Morgan fingerprint density at radius 2 is 1.82 bits per heavy atom. The minimum Gasteiger partial charge on any atom is -0.457 e. The number of nitrogens with two attached hydrogens (primary N) is 1. The van der Waals surface area contributed by atoms with Crippen LogP contribution in [0.15, 0.2) is 65.8 Å². The van der Waals surface area contributed by atoms with E-state index in [0.717, 1.165) is 11.6 Å². The van der Waals surface area contributed by atoms with E-state index in [4.69, 9.17) is 10.5 Å². The van der Waals surface area contributed by atoms with E-state index in [1.807, 2.05) is 19.1 Å². The maximum absolute atomic E-state index is 13.1. The van der Waals surface area contributed by atoms with Crippen LogP contribution in [-0.4, -0.2) is 23.3 Å². The largest absolute Gasteiger partial charge is 0.457 e. The molecule has 0 unspecified atom stereocenters. The number of aromatic nitrogens is 1. The average Bonchev–Trinajstić information content (AvgIpc) is 2.79. The maximum Gasteiger partial charge on any atom is 0.416 e. The second kappa shape index (κ2) is 10.8. The third-order valence-corrected chi connectivity index (χ3v) is 4.95. The summed E-state index contributed by atoms with van der Waals surface area (Å²) in [5.74, 6) is 1.12. The van der Waals surface area contributed by atoms with E-state index in [-0.39, 0.29) is 23.6 Å². The lowest BCUT2D eigenvalue weighted by Crippen LogP contribution is -2.15. The Kier molecular flexibility index (Phi) is 7.88. The first kappa shape index (κ1) is 24.8. The summed E-state index contributed by atoms with van der Waals surface area (Å²) in [4.78, 5) is 20.5. The quantitative estimate of drug-likeness (QED) is 0.336. The van der Waals surface area contributed by atoms with E-state index in [1.54, 1.807) is 30.5 Å². The van der Waals surface area contributed by atoms with Crippen molar-refractivity contribution in [2.75, 3.05) is 11.9 Å². The zero-order valence-electron chi connectivity index (χ0n) is 18.8. The van der Waals surface area contributed by atoms with Crippen LogP contribution in [-0.2, 0) is 17.4 Å². The number of carbonyl (C=O) groups is 1. The van der Waals surface area contributed by atoms with E-state index >= 15 is 0 Å². The zero-order chi connectivity index (χ0) is 24.7. The monoisotopic (exact) mass is 470 g/mol. The number of amides is 1. The molecule has 1 heterocycles. The number of nitrogens with zero attached hydrogens (tertiary/aromatic N) is 2. The van der Waals surface area contributed by atoms with Crippen LogP contribution in [0.2, 0.25) is 0 Å². The van der Waals surface area contributed by atoms with Crippen molar-refractivity contribution in [1.82, 2.24) is 4.98 Å². The van der Waals surface area contributed by atoms with E-state index in [1.165, 1.54) is 19.1 Å². The van der Waals surface area contributed by atoms with Gasteiger partial charge in [0.1, 0.15) is 23.0 Å². The lowest BCUT2D eigenvalue weighted by Gasteiger charge is -2.13. The number of hydrogen-bond acceptors (Lipinski definition) is 4. The second-order valence-electron chi connectivity index (χ2n) is 7.56. The molecule has 0 spiro atoms. The molecule has 0 aliphatic carbocycles. The number of alkyl halides is 3. The van der Waals surface area contributed by atoms with Gasteiger partial charge in [-0.25, -0.2) is 0 Å². The smallest absolute Gasteiger partial charge is 0.416 e. The standard InChI is InChI=1S/C25H25F3N4O2/c1-3-30-24(29)22-15-20(12-13-31-22)34-19-9-5-17(6-10-19)7-11-23(33)32-18-8-4-16(2)21(14-18)25(26,27)28/h4-6,8-10,12-15H,3,7,11H2,1-2H3,(H2,29,30)(H,32,33). The minimum absolute atomic E-state index is 0.105. The third-order valence-electron chi connectivity index (χ3n) is 4.95. The molecule has 1 amide bonds. The van der Waals surface area contributed by atoms with Crippen molar-refractivity contribution in [3.8, 4) is 11.5 Å². The van der Waals surface area contributed by atoms with Gasteiger partial charge in [0.05, 0.1) is 5.56 Å². The summed E-state index contributed by atoms with van der Waals surface area (Å²) >= 11 is 0. The van der Waals surface area contributed by atoms with E-state index in [0.29, 0.717) is 36.0 Å². The van der Waals surface area contributed by atoms with Gasteiger partial charge in [0, 0.05) is 30.9 Å². The molecule has 1 aromatic heterocycles. The highest BCUT2D eigenvalue weighted by Crippen LogP contribution is 2.33. The number of benzene rings is 2. The first-order chi connectivity index (χ1) is 16.2. The van der Waals surface area contributed by atoms with E-state index in [2.05, 4.69) is 15.3 Å². The molecule has 178 valence electrons. The first-order valence-corrected chi connectivity index (χ1v) is 10.7. The van der Waals surface area contributed by atoms with Gasteiger partial charge >= 0.3 is 6.18 Å². The maximum atomic E-state index is 13.1. The SMILES string of the molecule is CCN=C(N)c1cc(Oc2ccc(CCC(=O)Nc3ccc(C)c(C(F)(F)F)c3)cc2)ccn1. The molecule has 9 heteroatoms. The van der Waals surface area contributed by atoms with Gasteiger partial charge in [-0.15, -0.1) is 0 Å². The molecule has 0 aliphatic heterocycles. The van der Waals surface area contributed by atoms with Crippen molar-refractivity contribution in [3.63, 3.8) is 0 Å². The number of aryl methyl sites for hydroxylation is 2. The molecule has 0 saturated carbocycles. The number of nitrogens with one attached hydrogen (secondary N) is 1. The summed E-state index contributed by atoms with van der Waals surface area (Å²) in [6.07, 6.45) is -2.34. The Morgan fingerprint density at radius 3 is 2.50 bits per heavy atom. The fourth-order valence-electron chi connectivity index (χ4n) is 3.21. The number of anilines is 1. The van der Waals surface area contributed by atoms with Crippen molar-refractivity contribution < 1.29 is 22.7 Å². The highest BCUT2D eigenvalue weighted by Gasteiger charge is 2.32. The van der Waals surface area contributed by atoms with Crippen LogP contribution in [0.1, 0.15) is 35.7 Å². The van der Waals surface area contributed by atoms with Crippen LogP contribution >= 0.6 is 0 Å². The van der Waals surface area contributed by atoms with Gasteiger partial charge in [-0.05, 0) is 61.7 Å². The molecule has 3 aromatic rings. The van der Waals surface area contributed by atoms with Crippen LogP contribution in [0.25, 0.3) is 0 Å². The number of rotatable bonds is 8. The summed E-state index contributed by atoms with van der Waals surface area (Å²) in [7, 11) is 0. The van der Waals surface area contributed by atoms with Crippen LogP contribution in [0.3, 0.4) is 0 Å². The molecule has 0 fully saturated rings. The number of hydrogen-bond donors (Lipinski definition) is 2. The average molecular weight is 470 g/mol. The molecule has 3 rings (SSSR count). The molecular weight excluding hydrogens is 445 g/mol. The molecule has 2 aromatic carbocycles. The van der Waals surface area contributed by atoms with Crippen LogP contribution in [0.5, 0.6) is 11.5 Å². The topological polar surface area (TPSA) is 89.6 Å². The molecular formula is C25H25F3N4O2. The fraction of sp³-hybridized carbons (Fsp3) is 0.240. The molecule has 0 atom stereocenters. The molecule has 34 heavy (non-hydrogen) atoms. The highest BCUT2D eigenvalue weighted by atomic mass is 19.4. The predicted octanol–water partition coefficient (Wildman–Crippen LogP) is 5.50. The molecule has 3 N–H and O–H groups in total. The summed E-state index contributed by atoms with van der Waals surface area (Å²) in [5, 5.41) is 2.53. The fourth-order valence-corrected chi connectivity index (χ4v) is 3.21. The Balaban J connectivity index is 1.56. The normalized spacial score (nSPS) is 11.9. The summed E-state index contributed by atoms with van der Waals surface area (Å²) in [6, 6.07) is 14.3. The van der Waals surface area contributed by atoms with E-state index in [9.17, 15) is 18.0 Å². The van der Waals surface area contributed by atoms with Gasteiger partial charge in [0.15, 0.2) is 0 Å². The van der Waals surface area contributed by atoms with Gasteiger partial charge in [-0.3, -0.25) is 14.8 Å². The van der Waals surface area contributed by atoms with Gasteiger partial charge in [0.25, 0.3) is 0 Å². The van der Waals surface area contributed by atoms with Gasteiger partial charge in [0.2, 0.25) is 5.91 Å². The van der Waals surface area contributed by atoms with Crippen LogP contribution in [0, 0.1) is 6.92 Å². The summed E-state index contributed by atoms with van der Waals surface area (Å²) in [6.45, 7) is 3.81. The number of amidine groups is 1. The van der Waals surface area contributed by atoms with Gasteiger partial charge in [-0.1, -0.05) is 18.2 Å². The molecule has 6 nitrogen and oxygen atoms in total. The zero-order valence-corrected chi connectivity index (χ0v) is 18.8. The minimum atomic E-state index is -4.47. The predicted molar refractivity (Wildman–Crippen MR) is 125 cm³/mol. The molecule has 0 saturated heterocycles.